The molecule has 2 aromatic carbocycles. The molecule has 34 heavy (non-hydrogen) atoms. The number of nitrogens with two attached hydrogens (primary N) is 1. The molecule has 1 aliphatic rings. The number of carbonyl (C=O) groups is 1. The summed E-state index contributed by atoms with van der Waals surface area (Å²) in [4.78, 5) is 14.1. The molecule has 0 aromatic heterocycles. The lowest BCUT2D eigenvalue weighted by Gasteiger charge is -2.33. The number of likely N-dealkylation sites (tertiary alicyclic amines) is 1. The molecule has 1 saturated heterocycles. The highest BCUT2D eigenvalue weighted by molar-refractivity contribution is 5.77. The van der Waals surface area contributed by atoms with Crippen molar-refractivity contribution in [1.82, 2.24) is 4.90 Å². The Kier molecular flexibility index (Phi) is 7.71. The molecule has 0 unspecified atom stereocenters. The molecule has 1 aliphatic heterocycles. The molecule has 2 aromatic rings. The Balaban J connectivity index is 1.52. The molecule has 5 nitrogen and oxygen atoms in total. The average Bonchev–Trinajstić information content (AvgIpc) is 2.77. The number of nitrogens with zero attached hydrogens (tertiary/aromatic N) is 2. The molecule has 1 heterocycles. The van der Waals surface area contributed by atoms with Crippen molar-refractivity contribution in [3.63, 3.8) is 0 Å². The Hall–Kier alpha value is -3.26. The van der Waals surface area contributed by atoms with Gasteiger partial charge in [0.25, 0.3) is 0 Å². The average molecular weight is 484 g/mol. The van der Waals surface area contributed by atoms with Crippen molar-refractivity contribution < 1.29 is 31.1 Å². The number of rotatable bonds is 6. The monoisotopic (exact) mass is 484 g/mol. The van der Waals surface area contributed by atoms with Gasteiger partial charge in [-0.2, -0.15) is 18.4 Å². The van der Waals surface area contributed by atoms with Crippen molar-refractivity contribution in [1.29, 1.82) is 5.26 Å². The van der Waals surface area contributed by atoms with Crippen LogP contribution in [0.4, 0.5) is 32.0 Å². The van der Waals surface area contributed by atoms with Crippen LogP contribution in [0.2, 0.25) is 0 Å². The predicted molar refractivity (Wildman–Crippen MR) is 112 cm³/mol. The van der Waals surface area contributed by atoms with Crippen molar-refractivity contribution in [2.45, 2.75) is 43.9 Å². The number of anilines is 1. The summed E-state index contributed by atoms with van der Waals surface area (Å²) in [5.41, 5.74) is 4.55. The van der Waals surface area contributed by atoms with Gasteiger partial charge in [0.15, 0.2) is 11.6 Å². The largest absolute Gasteiger partial charge is 0.417 e. The SMILES string of the molecule is N#Cc1ccc(NC2CCN(C(=O)C[C@H](N)Cc3cc(F)c(F)cc3F)CC2)cc1C(F)(F)F. The molecule has 0 spiro atoms. The number of carbonyl (C=O) groups excluding carboxylic acids is 1. The van der Waals surface area contributed by atoms with Crippen molar-refractivity contribution >= 4 is 11.6 Å². The van der Waals surface area contributed by atoms with Gasteiger partial charge in [0.05, 0.1) is 17.2 Å². The van der Waals surface area contributed by atoms with Gasteiger partial charge in [-0.1, -0.05) is 0 Å². The Morgan fingerprint density at radius 2 is 1.76 bits per heavy atom. The van der Waals surface area contributed by atoms with Crippen LogP contribution in [-0.2, 0) is 17.4 Å². The van der Waals surface area contributed by atoms with Gasteiger partial charge in [-0.3, -0.25) is 4.79 Å². The zero-order valence-electron chi connectivity index (χ0n) is 17.9. The van der Waals surface area contributed by atoms with Crippen LogP contribution in [0.1, 0.15) is 36.0 Å². The third-order valence-electron chi connectivity index (χ3n) is 5.67. The summed E-state index contributed by atoms with van der Waals surface area (Å²) < 4.78 is 79.6. The van der Waals surface area contributed by atoms with Crippen LogP contribution in [0.5, 0.6) is 0 Å². The van der Waals surface area contributed by atoms with E-state index in [-0.39, 0.29) is 36.0 Å². The molecule has 3 N–H and O–H groups in total. The third kappa shape index (κ3) is 6.20. The van der Waals surface area contributed by atoms with Gasteiger partial charge >= 0.3 is 6.18 Å². The van der Waals surface area contributed by atoms with E-state index < -0.39 is 40.8 Å². The van der Waals surface area contributed by atoms with E-state index in [4.69, 9.17) is 11.0 Å². The molecular weight excluding hydrogens is 462 g/mol. The zero-order chi connectivity index (χ0) is 25.0. The maximum absolute atomic E-state index is 13.8. The van der Waals surface area contributed by atoms with Crippen LogP contribution in [-0.4, -0.2) is 36.0 Å². The molecular formula is C23H22F6N4O. The minimum atomic E-state index is -4.65. The molecule has 11 heteroatoms. The van der Waals surface area contributed by atoms with Crippen LogP contribution in [0.15, 0.2) is 30.3 Å². The minimum absolute atomic E-state index is 0.122. The fourth-order valence-electron chi connectivity index (χ4n) is 3.90. The van der Waals surface area contributed by atoms with E-state index in [1.807, 2.05) is 0 Å². The third-order valence-corrected chi connectivity index (χ3v) is 5.67. The number of alkyl halides is 3. The van der Waals surface area contributed by atoms with E-state index in [1.54, 1.807) is 4.90 Å². The summed E-state index contributed by atoms with van der Waals surface area (Å²) >= 11 is 0. The molecule has 1 fully saturated rings. The second-order valence-electron chi connectivity index (χ2n) is 8.20. The van der Waals surface area contributed by atoms with Crippen LogP contribution >= 0.6 is 0 Å². The van der Waals surface area contributed by atoms with E-state index >= 15 is 0 Å². The number of halogens is 6. The van der Waals surface area contributed by atoms with E-state index in [0.717, 1.165) is 18.2 Å². The molecule has 1 atom stereocenters. The number of hydrogen-bond acceptors (Lipinski definition) is 4. The van der Waals surface area contributed by atoms with Crippen LogP contribution in [0.25, 0.3) is 0 Å². The normalized spacial score (nSPS) is 15.6. The van der Waals surface area contributed by atoms with E-state index in [9.17, 15) is 31.1 Å². The van der Waals surface area contributed by atoms with Gasteiger partial charge in [0.1, 0.15) is 5.82 Å². The number of benzene rings is 2. The molecule has 0 radical (unpaired) electrons. The van der Waals surface area contributed by atoms with E-state index in [2.05, 4.69) is 5.32 Å². The quantitative estimate of drug-likeness (QED) is 0.472. The molecule has 0 saturated carbocycles. The Morgan fingerprint density at radius 1 is 1.12 bits per heavy atom. The van der Waals surface area contributed by atoms with E-state index in [0.29, 0.717) is 32.0 Å². The van der Waals surface area contributed by atoms with Gasteiger partial charge in [0.2, 0.25) is 5.91 Å². The Morgan fingerprint density at radius 3 is 2.38 bits per heavy atom. The first kappa shape index (κ1) is 25.4. The van der Waals surface area contributed by atoms with Gasteiger partial charge < -0.3 is 16.0 Å². The van der Waals surface area contributed by atoms with Gasteiger partial charge in [-0.15, -0.1) is 0 Å². The first-order valence-corrected chi connectivity index (χ1v) is 10.5. The zero-order valence-corrected chi connectivity index (χ0v) is 17.9. The Bertz CT molecular complexity index is 1090. The summed E-state index contributed by atoms with van der Waals surface area (Å²) in [6.45, 7) is 0.677. The van der Waals surface area contributed by atoms with Crippen molar-refractivity contribution in [3.05, 3.63) is 64.5 Å². The van der Waals surface area contributed by atoms with Crippen molar-refractivity contribution in [3.8, 4) is 6.07 Å². The first-order valence-electron chi connectivity index (χ1n) is 10.5. The summed E-state index contributed by atoms with van der Waals surface area (Å²) in [5.74, 6) is -3.73. The highest BCUT2D eigenvalue weighted by Crippen LogP contribution is 2.34. The molecule has 3 rings (SSSR count). The summed E-state index contributed by atoms with van der Waals surface area (Å²) in [6.07, 6.45) is -3.98. The van der Waals surface area contributed by atoms with Crippen LogP contribution < -0.4 is 11.1 Å². The lowest BCUT2D eigenvalue weighted by Crippen LogP contribution is -2.44. The second-order valence-corrected chi connectivity index (χ2v) is 8.20. The fraction of sp³-hybridized carbons (Fsp3) is 0.391. The fourth-order valence-corrected chi connectivity index (χ4v) is 3.90. The predicted octanol–water partition coefficient (Wildman–Crippen LogP) is 4.36. The topological polar surface area (TPSA) is 82.2 Å². The van der Waals surface area contributed by atoms with Gasteiger partial charge in [-0.25, -0.2) is 13.2 Å². The molecule has 0 bridgehead atoms. The lowest BCUT2D eigenvalue weighted by molar-refractivity contribution is -0.137. The number of hydrogen-bond donors (Lipinski definition) is 2. The summed E-state index contributed by atoms with van der Waals surface area (Å²) in [5, 5.41) is 11.9. The highest BCUT2D eigenvalue weighted by atomic mass is 19.4. The number of nitrogens with one attached hydrogen (secondary N) is 1. The maximum atomic E-state index is 13.8. The van der Waals surface area contributed by atoms with Gasteiger partial charge in [-0.05, 0) is 49.1 Å². The minimum Gasteiger partial charge on any atom is -0.382 e. The number of piperidine rings is 1. The number of amides is 1. The summed E-state index contributed by atoms with van der Waals surface area (Å²) in [6, 6.07) is 5.12. The second kappa shape index (κ2) is 10.3. The molecule has 182 valence electrons. The van der Waals surface area contributed by atoms with Crippen molar-refractivity contribution in [2.24, 2.45) is 5.73 Å². The van der Waals surface area contributed by atoms with E-state index in [1.165, 1.54) is 12.1 Å². The summed E-state index contributed by atoms with van der Waals surface area (Å²) in [7, 11) is 0. The molecule has 0 aliphatic carbocycles. The van der Waals surface area contributed by atoms with Crippen molar-refractivity contribution in [2.75, 3.05) is 18.4 Å². The van der Waals surface area contributed by atoms with Crippen LogP contribution in [0, 0.1) is 28.8 Å². The Labute approximate surface area is 192 Å². The maximum Gasteiger partial charge on any atom is 0.417 e. The van der Waals surface area contributed by atoms with Crippen LogP contribution in [0.3, 0.4) is 0 Å². The standard InChI is InChI=1S/C23H22F6N4O/c24-19-11-21(26)20(25)8-14(19)7-15(31)9-22(34)33-5-3-16(4-6-33)32-17-2-1-13(12-30)18(10-17)23(27,28)29/h1-2,8,10-11,15-16,32H,3-7,9,31H2/t15-/m1/s1. The smallest absolute Gasteiger partial charge is 0.382 e. The lowest BCUT2D eigenvalue weighted by atomic mass is 10.0. The highest BCUT2D eigenvalue weighted by Gasteiger charge is 2.34. The molecule has 1 amide bonds. The number of nitriles is 1. The first-order chi connectivity index (χ1) is 16.0. The van der Waals surface area contributed by atoms with Gasteiger partial charge in [0, 0.05) is 43.3 Å².